The van der Waals surface area contributed by atoms with Crippen LogP contribution in [0, 0.1) is 17.8 Å². The predicted molar refractivity (Wildman–Crippen MR) is 51.8 cm³/mol. The molecule has 2 atom stereocenters. The molecular formula is C11H21N. The van der Waals surface area contributed by atoms with Crippen molar-refractivity contribution >= 4 is 0 Å². The van der Waals surface area contributed by atoms with E-state index in [0.717, 1.165) is 24.3 Å². The topological polar surface area (TPSA) is 26.0 Å². The van der Waals surface area contributed by atoms with Gasteiger partial charge in [0, 0.05) is 0 Å². The summed E-state index contributed by atoms with van der Waals surface area (Å²) in [6, 6.07) is 0. The number of rotatable bonds is 3. The van der Waals surface area contributed by atoms with E-state index in [9.17, 15) is 0 Å². The van der Waals surface area contributed by atoms with Gasteiger partial charge in [0.25, 0.3) is 0 Å². The predicted octanol–water partition coefficient (Wildman–Crippen LogP) is 2.55. The van der Waals surface area contributed by atoms with Crippen molar-refractivity contribution in [2.24, 2.45) is 23.5 Å². The normalized spacial score (nSPS) is 36.8. The Morgan fingerprint density at radius 3 is 2.17 bits per heavy atom. The van der Waals surface area contributed by atoms with Crippen molar-refractivity contribution in [2.75, 3.05) is 6.54 Å². The van der Waals surface area contributed by atoms with Gasteiger partial charge in [-0.1, -0.05) is 25.7 Å². The average molecular weight is 167 g/mol. The van der Waals surface area contributed by atoms with Gasteiger partial charge in [0.1, 0.15) is 0 Å². The first-order valence-corrected chi connectivity index (χ1v) is 5.58. The van der Waals surface area contributed by atoms with Crippen LogP contribution in [0.5, 0.6) is 0 Å². The summed E-state index contributed by atoms with van der Waals surface area (Å²) in [5.74, 6) is 3.02. The highest BCUT2D eigenvalue weighted by atomic mass is 14.6. The third-order valence-electron chi connectivity index (χ3n) is 3.87. The molecule has 2 rings (SSSR count). The standard InChI is InChI=1S/C11H21N/c12-8-11-5-4-10(7-11)6-9-2-1-3-9/h9-11H,1-8,12H2. The smallest absolute Gasteiger partial charge is 0.00488 e. The van der Waals surface area contributed by atoms with Gasteiger partial charge < -0.3 is 5.73 Å². The van der Waals surface area contributed by atoms with E-state index in [-0.39, 0.29) is 0 Å². The van der Waals surface area contributed by atoms with E-state index in [1.165, 1.54) is 44.9 Å². The van der Waals surface area contributed by atoms with Gasteiger partial charge in [0.15, 0.2) is 0 Å². The lowest BCUT2D eigenvalue weighted by molar-refractivity contribution is 0.248. The molecule has 2 unspecified atom stereocenters. The van der Waals surface area contributed by atoms with Crippen LogP contribution in [0.4, 0.5) is 0 Å². The molecule has 2 N–H and O–H groups in total. The van der Waals surface area contributed by atoms with Crippen molar-refractivity contribution in [3.05, 3.63) is 0 Å². The molecule has 70 valence electrons. The van der Waals surface area contributed by atoms with Crippen LogP contribution in [0.1, 0.15) is 44.9 Å². The van der Waals surface area contributed by atoms with Gasteiger partial charge in [-0.25, -0.2) is 0 Å². The van der Waals surface area contributed by atoms with Gasteiger partial charge in [0.2, 0.25) is 0 Å². The van der Waals surface area contributed by atoms with E-state index in [2.05, 4.69) is 0 Å². The molecule has 0 aromatic rings. The Bertz CT molecular complexity index is 140. The zero-order valence-corrected chi connectivity index (χ0v) is 7.97. The van der Waals surface area contributed by atoms with Gasteiger partial charge in [-0.2, -0.15) is 0 Å². The van der Waals surface area contributed by atoms with Crippen LogP contribution in [0.3, 0.4) is 0 Å². The summed E-state index contributed by atoms with van der Waals surface area (Å²) in [5, 5.41) is 0. The maximum Gasteiger partial charge on any atom is -0.00488 e. The summed E-state index contributed by atoms with van der Waals surface area (Å²) >= 11 is 0. The monoisotopic (exact) mass is 167 g/mol. The van der Waals surface area contributed by atoms with Crippen LogP contribution < -0.4 is 5.73 Å². The van der Waals surface area contributed by atoms with Crippen LogP contribution in [0.25, 0.3) is 0 Å². The fourth-order valence-corrected chi connectivity index (χ4v) is 2.81. The minimum atomic E-state index is 0.870. The maximum absolute atomic E-state index is 5.67. The molecular weight excluding hydrogens is 146 g/mol. The fourth-order valence-electron chi connectivity index (χ4n) is 2.81. The van der Waals surface area contributed by atoms with E-state index >= 15 is 0 Å². The molecule has 1 heteroatoms. The highest BCUT2D eigenvalue weighted by molar-refractivity contribution is 4.80. The second kappa shape index (κ2) is 3.78. The summed E-state index contributed by atoms with van der Waals surface area (Å²) in [7, 11) is 0. The Balaban J connectivity index is 1.68. The number of hydrogen-bond acceptors (Lipinski definition) is 1. The molecule has 0 heterocycles. The van der Waals surface area contributed by atoms with Crippen LogP contribution in [0.2, 0.25) is 0 Å². The van der Waals surface area contributed by atoms with E-state index in [0.29, 0.717) is 0 Å². The molecule has 0 bridgehead atoms. The minimum absolute atomic E-state index is 0.870. The van der Waals surface area contributed by atoms with E-state index in [1.807, 2.05) is 0 Å². The van der Waals surface area contributed by atoms with Crippen molar-refractivity contribution in [3.63, 3.8) is 0 Å². The Labute approximate surface area is 75.7 Å². The van der Waals surface area contributed by atoms with Crippen molar-refractivity contribution in [1.29, 1.82) is 0 Å². The largest absolute Gasteiger partial charge is 0.330 e. The highest BCUT2D eigenvalue weighted by Crippen LogP contribution is 2.39. The lowest BCUT2D eigenvalue weighted by atomic mass is 9.78. The first-order valence-electron chi connectivity index (χ1n) is 5.58. The van der Waals surface area contributed by atoms with Crippen molar-refractivity contribution < 1.29 is 0 Å². The van der Waals surface area contributed by atoms with Crippen LogP contribution >= 0.6 is 0 Å². The summed E-state index contributed by atoms with van der Waals surface area (Å²) in [4.78, 5) is 0. The molecule has 0 saturated heterocycles. The molecule has 1 nitrogen and oxygen atoms in total. The highest BCUT2D eigenvalue weighted by Gasteiger charge is 2.28. The molecule has 0 aromatic carbocycles. The maximum atomic E-state index is 5.67. The molecule has 2 fully saturated rings. The molecule has 2 saturated carbocycles. The first kappa shape index (κ1) is 8.55. The molecule has 0 aliphatic heterocycles. The molecule has 0 spiro atoms. The van der Waals surface area contributed by atoms with Gasteiger partial charge in [-0.15, -0.1) is 0 Å². The quantitative estimate of drug-likeness (QED) is 0.687. The zero-order valence-electron chi connectivity index (χ0n) is 7.97. The number of nitrogens with two attached hydrogens (primary N) is 1. The van der Waals surface area contributed by atoms with Gasteiger partial charge in [-0.05, 0) is 43.6 Å². The minimum Gasteiger partial charge on any atom is -0.330 e. The van der Waals surface area contributed by atoms with Gasteiger partial charge in [-0.3, -0.25) is 0 Å². The molecule has 0 radical (unpaired) electrons. The van der Waals surface area contributed by atoms with Gasteiger partial charge in [0.05, 0.1) is 0 Å². The van der Waals surface area contributed by atoms with Crippen LogP contribution in [-0.4, -0.2) is 6.54 Å². The van der Waals surface area contributed by atoms with Crippen molar-refractivity contribution in [2.45, 2.75) is 44.9 Å². The molecule has 2 aliphatic rings. The lowest BCUT2D eigenvalue weighted by Gasteiger charge is -2.28. The first-order chi connectivity index (χ1) is 5.88. The Hall–Kier alpha value is -0.0400. The fraction of sp³-hybridized carbons (Fsp3) is 1.00. The molecule has 12 heavy (non-hydrogen) atoms. The SMILES string of the molecule is NCC1CCC(CC2CCC2)C1. The van der Waals surface area contributed by atoms with Crippen molar-refractivity contribution in [3.8, 4) is 0 Å². The van der Waals surface area contributed by atoms with E-state index in [4.69, 9.17) is 5.73 Å². The number of hydrogen-bond donors (Lipinski definition) is 1. The van der Waals surface area contributed by atoms with E-state index in [1.54, 1.807) is 0 Å². The summed E-state index contributed by atoms with van der Waals surface area (Å²) in [6.07, 6.45) is 10.4. The Morgan fingerprint density at radius 2 is 1.67 bits per heavy atom. The van der Waals surface area contributed by atoms with Crippen LogP contribution in [-0.2, 0) is 0 Å². The second-order valence-corrected chi connectivity index (χ2v) is 4.81. The molecule has 0 amide bonds. The summed E-state index contributed by atoms with van der Waals surface area (Å²) in [5.41, 5.74) is 5.67. The average Bonchev–Trinajstić information content (AvgIpc) is 2.44. The van der Waals surface area contributed by atoms with E-state index < -0.39 is 0 Å². The summed E-state index contributed by atoms with van der Waals surface area (Å²) in [6.45, 7) is 0.932. The molecule has 0 aromatic heterocycles. The Morgan fingerprint density at radius 1 is 0.917 bits per heavy atom. The summed E-state index contributed by atoms with van der Waals surface area (Å²) < 4.78 is 0. The third-order valence-corrected chi connectivity index (χ3v) is 3.87. The van der Waals surface area contributed by atoms with Crippen molar-refractivity contribution in [1.82, 2.24) is 0 Å². The lowest BCUT2D eigenvalue weighted by Crippen LogP contribution is -2.15. The van der Waals surface area contributed by atoms with Gasteiger partial charge >= 0.3 is 0 Å². The zero-order chi connectivity index (χ0) is 8.39. The Kier molecular flexibility index (Phi) is 2.69. The van der Waals surface area contributed by atoms with Crippen LogP contribution in [0.15, 0.2) is 0 Å². The second-order valence-electron chi connectivity index (χ2n) is 4.81. The molecule has 2 aliphatic carbocycles. The third kappa shape index (κ3) is 1.82.